The van der Waals surface area contributed by atoms with Crippen LogP contribution in [0.1, 0.15) is 39.2 Å². The van der Waals surface area contributed by atoms with Gasteiger partial charge in [-0.05, 0) is 89.7 Å². The number of hydrogen-bond donors (Lipinski definition) is 2. The van der Waals surface area contributed by atoms with E-state index in [0.29, 0.717) is 24.3 Å². The molecule has 0 unspecified atom stereocenters. The van der Waals surface area contributed by atoms with Crippen molar-refractivity contribution >= 4 is 58.4 Å². The van der Waals surface area contributed by atoms with Crippen molar-refractivity contribution in [2.45, 2.75) is 51.8 Å². The topological polar surface area (TPSA) is 130 Å². The molecule has 13 heteroatoms. The van der Waals surface area contributed by atoms with Crippen LogP contribution in [0.15, 0.2) is 41.4 Å². The maximum Gasteiger partial charge on any atom is 0.417 e. The molecule has 1 atom stereocenters. The second-order valence-corrected chi connectivity index (χ2v) is 12.0. The number of amides is 3. The highest BCUT2D eigenvalue weighted by molar-refractivity contribution is 6.39. The molecule has 0 aromatic heterocycles. The molecule has 3 amide bonds. The molecular formula is C29H38Cl2N6O5. The molecule has 11 nitrogen and oxygen atoms in total. The highest BCUT2D eigenvalue weighted by Crippen LogP contribution is 2.33. The van der Waals surface area contributed by atoms with E-state index in [0.717, 1.165) is 17.0 Å². The van der Waals surface area contributed by atoms with Crippen molar-refractivity contribution in [1.82, 2.24) is 9.80 Å². The van der Waals surface area contributed by atoms with E-state index in [1.165, 1.54) is 0 Å². The SMILES string of the molecule is COc1ccc(N2CCC[C@H]2C(=O)N=C(N)N(Cc2cc(Cl)c(NC(=O)CN(C)C)c(Cl)c2)C(=O)OC(C)(C)C)cc1. The number of guanidine groups is 1. The number of carbonyl (C=O) groups is 3. The van der Waals surface area contributed by atoms with Crippen molar-refractivity contribution in [2.75, 3.05) is 44.5 Å². The Kier molecular flexibility index (Phi) is 11.1. The third kappa shape index (κ3) is 8.98. The third-order valence-corrected chi connectivity index (χ3v) is 6.82. The average Bonchev–Trinajstić information content (AvgIpc) is 3.38. The van der Waals surface area contributed by atoms with Crippen molar-refractivity contribution in [3.05, 3.63) is 52.0 Å². The Labute approximate surface area is 256 Å². The number of nitrogens with one attached hydrogen (secondary N) is 1. The third-order valence-electron chi connectivity index (χ3n) is 6.22. The zero-order chi connectivity index (χ0) is 31.2. The molecule has 0 aliphatic carbocycles. The van der Waals surface area contributed by atoms with Crippen LogP contribution in [0.3, 0.4) is 0 Å². The quantitative estimate of drug-likeness (QED) is 0.319. The van der Waals surface area contributed by atoms with Crippen LogP contribution in [0, 0.1) is 0 Å². The van der Waals surface area contributed by atoms with Gasteiger partial charge in [0.2, 0.25) is 11.9 Å². The summed E-state index contributed by atoms with van der Waals surface area (Å²) in [5.74, 6) is -0.395. The molecule has 0 bridgehead atoms. The number of benzene rings is 2. The maximum atomic E-state index is 13.4. The molecule has 42 heavy (non-hydrogen) atoms. The van der Waals surface area contributed by atoms with Gasteiger partial charge in [0, 0.05) is 12.2 Å². The first-order valence-corrected chi connectivity index (χ1v) is 14.2. The fourth-order valence-electron chi connectivity index (χ4n) is 4.40. The summed E-state index contributed by atoms with van der Waals surface area (Å²) in [5, 5.41) is 3.03. The number of likely N-dealkylation sites (N-methyl/N-ethyl adjacent to an activating group) is 1. The van der Waals surface area contributed by atoms with Gasteiger partial charge in [0.1, 0.15) is 17.4 Å². The molecule has 0 radical (unpaired) electrons. The lowest BCUT2D eigenvalue weighted by Crippen LogP contribution is -2.45. The Morgan fingerprint density at radius 2 is 1.74 bits per heavy atom. The number of nitrogens with zero attached hydrogens (tertiary/aromatic N) is 4. The van der Waals surface area contributed by atoms with E-state index in [9.17, 15) is 14.4 Å². The number of anilines is 2. The van der Waals surface area contributed by atoms with Crippen LogP contribution in [0.25, 0.3) is 0 Å². The number of rotatable bonds is 8. The summed E-state index contributed by atoms with van der Waals surface area (Å²) in [4.78, 5) is 47.7. The molecule has 1 saturated heterocycles. The minimum absolute atomic E-state index is 0.138. The number of aliphatic imine (C=N–C) groups is 1. The number of nitrogens with two attached hydrogens (primary N) is 1. The fraction of sp³-hybridized carbons (Fsp3) is 0.448. The molecule has 0 spiro atoms. The predicted octanol–water partition coefficient (Wildman–Crippen LogP) is 4.75. The summed E-state index contributed by atoms with van der Waals surface area (Å²) < 4.78 is 10.8. The van der Waals surface area contributed by atoms with Gasteiger partial charge in [-0.15, -0.1) is 0 Å². The first kappa shape index (κ1) is 33.0. The minimum atomic E-state index is -0.841. The van der Waals surface area contributed by atoms with Gasteiger partial charge < -0.3 is 30.3 Å². The zero-order valence-electron chi connectivity index (χ0n) is 24.7. The highest BCUT2D eigenvalue weighted by atomic mass is 35.5. The molecule has 1 aliphatic rings. The fourth-order valence-corrected chi connectivity index (χ4v) is 5.02. The van der Waals surface area contributed by atoms with E-state index in [-0.39, 0.29) is 40.7 Å². The van der Waals surface area contributed by atoms with Crippen LogP contribution in [0.2, 0.25) is 10.0 Å². The van der Waals surface area contributed by atoms with Gasteiger partial charge in [-0.2, -0.15) is 4.99 Å². The molecule has 0 saturated carbocycles. The summed E-state index contributed by atoms with van der Waals surface area (Å²) >= 11 is 12.9. The number of hydrogen-bond acceptors (Lipinski definition) is 7. The molecule has 1 heterocycles. The monoisotopic (exact) mass is 620 g/mol. The lowest BCUT2D eigenvalue weighted by molar-refractivity contribution is -0.119. The van der Waals surface area contributed by atoms with Gasteiger partial charge in [-0.3, -0.25) is 9.59 Å². The summed E-state index contributed by atoms with van der Waals surface area (Å²) in [6.07, 6.45) is 0.577. The van der Waals surface area contributed by atoms with E-state index < -0.39 is 23.6 Å². The molecule has 2 aromatic carbocycles. The van der Waals surface area contributed by atoms with E-state index in [4.69, 9.17) is 38.4 Å². The Balaban J connectivity index is 1.87. The van der Waals surface area contributed by atoms with E-state index in [2.05, 4.69) is 10.3 Å². The van der Waals surface area contributed by atoms with Gasteiger partial charge in [-0.1, -0.05) is 23.2 Å². The van der Waals surface area contributed by atoms with Crippen molar-refractivity contribution < 1.29 is 23.9 Å². The standard InChI is InChI=1S/C29H38Cl2N6O5/c1-29(2,3)42-28(40)37(16-18-14-21(30)25(22(31)15-18)33-24(38)17-35(4)5)27(32)34-26(39)23-8-7-13-36(23)19-9-11-20(41-6)12-10-19/h9-12,14-15,23H,7-8,13,16-17H2,1-6H3,(H,33,38)(H2,32,34,39)/t23-/m0/s1. The molecule has 1 fully saturated rings. The smallest absolute Gasteiger partial charge is 0.417 e. The molecular weight excluding hydrogens is 583 g/mol. The van der Waals surface area contributed by atoms with Gasteiger partial charge in [0.05, 0.1) is 35.9 Å². The van der Waals surface area contributed by atoms with Gasteiger partial charge >= 0.3 is 6.09 Å². The van der Waals surface area contributed by atoms with Gasteiger partial charge in [0.15, 0.2) is 0 Å². The van der Waals surface area contributed by atoms with E-state index >= 15 is 0 Å². The van der Waals surface area contributed by atoms with Crippen LogP contribution >= 0.6 is 23.2 Å². The van der Waals surface area contributed by atoms with Crippen LogP contribution < -0.4 is 20.7 Å². The molecule has 3 rings (SSSR count). The van der Waals surface area contributed by atoms with Crippen LogP contribution in [0.4, 0.5) is 16.2 Å². The number of halogens is 2. The molecule has 1 aliphatic heterocycles. The van der Waals surface area contributed by atoms with Crippen molar-refractivity contribution in [3.63, 3.8) is 0 Å². The second-order valence-electron chi connectivity index (χ2n) is 11.1. The molecule has 3 N–H and O–H groups in total. The normalized spacial score (nSPS) is 15.5. The number of ether oxygens (including phenoxy) is 2. The molecule has 2 aromatic rings. The van der Waals surface area contributed by atoms with Crippen molar-refractivity contribution in [3.8, 4) is 5.75 Å². The molecule has 228 valence electrons. The summed E-state index contributed by atoms with van der Waals surface area (Å²) in [6.45, 7) is 5.81. The summed E-state index contributed by atoms with van der Waals surface area (Å²) in [7, 11) is 5.11. The maximum absolute atomic E-state index is 13.4. The zero-order valence-corrected chi connectivity index (χ0v) is 26.3. The van der Waals surface area contributed by atoms with Gasteiger partial charge in [-0.25, -0.2) is 9.69 Å². The van der Waals surface area contributed by atoms with Crippen molar-refractivity contribution in [2.24, 2.45) is 10.7 Å². The Morgan fingerprint density at radius 1 is 1.12 bits per heavy atom. The average molecular weight is 622 g/mol. The Morgan fingerprint density at radius 3 is 2.29 bits per heavy atom. The highest BCUT2D eigenvalue weighted by Gasteiger charge is 2.33. The van der Waals surface area contributed by atoms with E-state index in [1.807, 2.05) is 29.2 Å². The predicted molar refractivity (Wildman–Crippen MR) is 165 cm³/mol. The first-order chi connectivity index (χ1) is 19.7. The lowest BCUT2D eigenvalue weighted by atomic mass is 10.2. The van der Waals surface area contributed by atoms with Gasteiger partial charge in [0.25, 0.3) is 5.91 Å². The van der Waals surface area contributed by atoms with Crippen LogP contribution in [-0.2, 0) is 20.9 Å². The van der Waals surface area contributed by atoms with Crippen molar-refractivity contribution in [1.29, 1.82) is 0 Å². The Hall–Kier alpha value is -3.54. The first-order valence-electron chi connectivity index (χ1n) is 13.4. The largest absolute Gasteiger partial charge is 0.497 e. The lowest BCUT2D eigenvalue weighted by Gasteiger charge is -2.28. The summed E-state index contributed by atoms with van der Waals surface area (Å²) in [5.41, 5.74) is 7.02. The number of methoxy groups -OCH3 is 1. The van der Waals surface area contributed by atoms with E-state index in [1.54, 1.807) is 59.0 Å². The summed E-state index contributed by atoms with van der Waals surface area (Å²) in [6, 6.07) is 9.96. The number of carbonyl (C=O) groups excluding carboxylic acids is 3. The van der Waals surface area contributed by atoms with Crippen LogP contribution in [-0.4, -0.2) is 79.6 Å². The Bertz CT molecular complexity index is 1300. The minimum Gasteiger partial charge on any atom is -0.497 e. The van der Waals surface area contributed by atoms with Crippen LogP contribution in [0.5, 0.6) is 5.75 Å². The second kappa shape index (κ2) is 14.1.